The molecule has 0 heterocycles. The Morgan fingerprint density at radius 1 is 1.15 bits per heavy atom. The van der Waals surface area contributed by atoms with Crippen LogP contribution in [0.2, 0.25) is 0 Å². The molecule has 1 aliphatic rings. The third kappa shape index (κ3) is 4.62. The summed E-state index contributed by atoms with van der Waals surface area (Å²) in [5, 5.41) is 3.09. The fourth-order valence-electron chi connectivity index (χ4n) is 3.80. The Morgan fingerprint density at radius 2 is 1.96 bits per heavy atom. The van der Waals surface area contributed by atoms with Gasteiger partial charge < -0.3 is 14.8 Å². The molecule has 0 fully saturated rings. The minimum atomic E-state index is -0.0938. The Hall–Kier alpha value is -2.49. The summed E-state index contributed by atoms with van der Waals surface area (Å²) in [7, 11) is 1.67. The van der Waals surface area contributed by atoms with Gasteiger partial charge >= 0.3 is 0 Å². The number of fused-ring (bicyclic) bond motifs is 1. The van der Waals surface area contributed by atoms with Crippen LogP contribution in [0, 0.1) is 6.92 Å². The summed E-state index contributed by atoms with van der Waals surface area (Å²) in [4.78, 5) is 12.5. The van der Waals surface area contributed by atoms with Gasteiger partial charge in [-0.15, -0.1) is 0 Å². The van der Waals surface area contributed by atoms with E-state index in [1.165, 1.54) is 24.0 Å². The fourth-order valence-corrected chi connectivity index (χ4v) is 3.80. The van der Waals surface area contributed by atoms with Crippen LogP contribution >= 0.6 is 0 Å². The topological polar surface area (TPSA) is 47.6 Å². The fraction of sp³-hybridized carbons (Fsp3) is 0.435. The maximum atomic E-state index is 12.5. The maximum absolute atomic E-state index is 12.5. The second-order valence-electron chi connectivity index (χ2n) is 7.15. The number of ether oxygens (including phenoxy) is 2. The molecule has 0 aromatic heterocycles. The van der Waals surface area contributed by atoms with Crippen molar-refractivity contribution < 1.29 is 14.3 Å². The zero-order chi connectivity index (χ0) is 19.2. The molecule has 4 heteroatoms. The van der Waals surface area contributed by atoms with Gasteiger partial charge in [0.15, 0.2) is 6.61 Å². The molecule has 0 unspecified atom stereocenters. The van der Waals surface area contributed by atoms with Crippen molar-refractivity contribution in [2.24, 2.45) is 0 Å². The summed E-state index contributed by atoms with van der Waals surface area (Å²) in [5.41, 5.74) is 4.78. The van der Waals surface area contributed by atoms with Crippen molar-refractivity contribution >= 4 is 5.91 Å². The molecule has 2 aromatic carbocycles. The van der Waals surface area contributed by atoms with Gasteiger partial charge in [0.2, 0.25) is 0 Å². The number of rotatable bonds is 7. The standard InChI is InChI=1S/C23H29NO3/c1-4-20(18-12-13-21(26-3)16(2)14-18)24-23(25)15-27-22-11-7-9-17-8-5-6-10-19(17)22/h7,9,11-14,20H,4-6,8,10,15H2,1-3H3,(H,24,25)/t20-/m1/s1. The first-order valence-electron chi connectivity index (χ1n) is 9.79. The number of carbonyl (C=O) groups is 1. The summed E-state index contributed by atoms with van der Waals surface area (Å²) >= 11 is 0. The molecule has 1 aliphatic carbocycles. The van der Waals surface area contributed by atoms with E-state index >= 15 is 0 Å². The SMILES string of the molecule is CC[C@@H](NC(=O)COc1cccc2c1CCCC2)c1ccc(OC)c(C)c1. The van der Waals surface area contributed by atoms with E-state index in [2.05, 4.69) is 24.4 Å². The molecule has 0 saturated carbocycles. The highest BCUT2D eigenvalue weighted by molar-refractivity contribution is 5.78. The maximum Gasteiger partial charge on any atom is 0.258 e. The lowest BCUT2D eigenvalue weighted by Gasteiger charge is -2.21. The normalized spacial score (nSPS) is 14.2. The zero-order valence-electron chi connectivity index (χ0n) is 16.5. The predicted octanol–water partition coefficient (Wildman–Crippen LogP) is 4.53. The van der Waals surface area contributed by atoms with Crippen LogP contribution in [-0.2, 0) is 17.6 Å². The number of amides is 1. The quantitative estimate of drug-likeness (QED) is 0.782. The van der Waals surface area contributed by atoms with Crippen LogP contribution in [0.4, 0.5) is 0 Å². The molecule has 1 atom stereocenters. The van der Waals surface area contributed by atoms with Crippen LogP contribution in [0.5, 0.6) is 11.5 Å². The Morgan fingerprint density at radius 3 is 2.70 bits per heavy atom. The molecule has 1 N–H and O–H groups in total. The molecule has 0 radical (unpaired) electrons. The number of methoxy groups -OCH3 is 1. The Labute approximate surface area is 161 Å². The Balaban J connectivity index is 1.62. The number of benzene rings is 2. The number of hydrogen-bond donors (Lipinski definition) is 1. The van der Waals surface area contributed by atoms with Gasteiger partial charge in [-0.05, 0) is 73.4 Å². The molecule has 0 spiro atoms. The average Bonchev–Trinajstić information content (AvgIpc) is 2.70. The van der Waals surface area contributed by atoms with E-state index in [0.29, 0.717) is 0 Å². The van der Waals surface area contributed by atoms with Crippen LogP contribution in [0.25, 0.3) is 0 Å². The molecule has 27 heavy (non-hydrogen) atoms. The van der Waals surface area contributed by atoms with Crippen LogP contribution in [0.15, 0.2) is 36.4 Å². The zero-order valence-corrected chi connectivity index (χ0v) is 16.5. The van der Waals surface area contributed by atoms with Gasteiger partial charge in [0.25, 0.3) is 5.91 Å². The highest BCUT2D eigenvalue weighted by Gasteiger charge is 2.17. The first-order valence-corrected chi connectivity index (χ1v) is 9.79. The van der Waals surface area contributed by atoms with Gasteiger partial charge in [-0.25, -0.2) is 0 Å². The Kier molecular flexibility index (Phi) is 6.38. The van der Waals surface area contributed by atoms with Gasteiger partial charge in [0, 0.05) is 0 Å². The minimum Gasteiger partial charge on any atom is -0.496 e. The lowest BCUT2D eigenvalue weighted by molar-refractivity contribution is -0.123. The summed E-state index contributed by atoms with van der Waals surface area (Å²) in [6, 6.07) is 12.2. The number of nitrogens with one attached hydrogen (secondary N) is 1. The molecule has 4 nitrogen and oxygen atoms in total. The smallest absolute Gasteiger partial charge is 0.258 e. The van der Waals surface area contributed by atoms with Crippen LogP contribution in [0.3, 0.4) is 0 Å². The van der Waals surface area contributed by atoms with Gasteiger partial charge in [0.1, 0.15) is 11.5 Å². The summed E-state index contributed by atoms with van der Waals surface area (Å²) in [6.45, 7) is 4.12. The van der Waals surface area contributed by atoms with Gasteiger partial charge in [-0.1, -0.05) is 31.2 Å². The van der Waals surface area contributed by atoms with E-state index in [1.807, 2.05) is 31.2 Å². The minimum absolute atomic E-state index is 0.0320. The molecule has 1 amide bonds. The summed E-state index contributed by atoms with van der Waals surface area (Å²) in [6.07, 6.45) is 5.38. The van der Waals surface area contributed by atoms with E-state index in [1.54, 1.807) is 7.11 Å². The highest BCUT2D eigenvalue weighted by atomic mass is 16.5. The average molecular weight is 367 g/mol. The largest absolute Gasteiger partial charge is 0.496 e. The number of carbonyl (C=O) groups excluding carboxylic acids is 1. The van der Waals surface area contributed by atoms with Crippen molar-refractivity contribution in [1.29, 1.82) is 0 Å². The molecule has 144 valence electrons. The molecule has 0 saturated heterocycles. The molecular formula is C23H29NO3. The van der Waals surface area contributed by atoms with E-state index < -0.39 is 0 Å². The second kappa shape index (κ2) is 8.94. The lowest BCUT2D eigenvalue weighted by Crippen LogP contribution is -2.32. The molecule has 2 aromatic rings. The van der Waals surface area contributed by atoms with Crippen LogP contribution in [-0.4, -0.2) is 19.6 Å². The number of aryl methyl sites for hydroxylation is 2. The Bertz CT molecular complexity index is 800. The summed E-state index contributed by atoms with van der Waals surface area (Å²) < 4.78 is 11.2. The van der Waals surface area contributed by atoms with E-state index in [9.17, 15) is 4.79 Å². The first kappa shape index (κ1) is 19.3. The molecule has 0 aliphatic heterocycles. The van der Waals surface area contributed by atoms with E-state index in [4.69, 9.17) is 9.47 Å². The third-order valence-electron chi connectivity index (χ3n) is 5.28. The van der Waals surface area contributed by atoms with Crippen molar-refractivity contribution in [2.45, 2.75) is 52.0 Å². The van der Waals surface area contributed by atoms with Crippen molar-refractivity contribution in [2.75, 3.05) is 13.7 Å². The first-order chi connectivity index (χ1) is 13.1. The van der Waals surface area contributed by atoms with Gasteiger partial charge in [-0.3, -0.25) is 4.79 Å². The van der Waals surface area contributed by atoms with E-state index in [0.717, 1.165) is 41.9 Å². The summed E-state index contributed by atoms with van der Waals surface area (Å²) in [5.74, 6) is 1.62. The van der Waals surface area contributed by atoms with Crippen molar-refractivity contribution in [3.8, 4) is 11.5 Å². The highest BCUT2D eigenvalue weighted by Crippen LogP contribution is 2.29. The second-order valence-corrected chi connectivity index (χ2v) is 7.15. The van der Waals surface area contributed by atoms with Crippen molar-refractivity contribution in [1.82, 2.24) is 5.32 Å². The third-order valence-corrected chi connectivity index (χ3v) is 5.28. The molecular weight excluding hydrogens is 338 g/mol. The van der Waals surface area contributed by atoms with Crippen LogP contribution in [0.1, 0.15) is 54.5 Å². The van der Waals surface area contributed by atoms with Gasteiger partial charge in [-0.2, -0.15) is 0 Å². The molecule has 0 bridgehead atoms. The van der Waals surface area contributed by atoms with Gasteiger partial charge in [0.05, 0.1) is 13.2 Å². The van der Waals surface area contributed by atoms with Crippen LogP contribution < -0.4 is 14.8 Å². The molecule has 3 rings (SSSR count). The monoisotopic (exact) mass is 367 g/mol. The predicted molar refractivity (Wildman–Crippen MR) is 107 cm³/mol. The van der Waals surface area contributed by atoms with Crippen molar-refractivity contribution in [3.05, 3.63) is 58.7 Å². The van der Waals surface area contributed by atoms with E-state index in [-0.39, 0.29) is 18.6 Å². The lowest BCUT2D eigenvalue weighted by atomic mass is 9.91. The van der Waals surface area contributed by atoms with Crippen molar-refractivity contribution in [3.63, 3.8) is 0 Å². The number of hydrogen-bond acceptors (Lipinski definition) is 3.